The van der Waals surface area contributed by atoms with E-state index in [0.29, 0.717) is 6.42 Å². The summed E-state index contributed by atoms with van der Waals surface area (Å²) < 4.78 is 17.5. The predicted molar refractivity (Wildman–Crippen MR) is 114 cm³/mol. The number of hydrogen-bond acceptors (Lipinski definition) is 4. The molecule has 29 heavy (non-hydrogen) atoms. The van der Waals surface area contributed by atoms with Crippen LogP contribution >= 0.6 is 0 Å². The molecule has 5 heteroatoms. The number of carbonyl (C=O) groups excluding carboxylic acids is 1. The van der Waals surface area contributed by atoms with Gasteiger partial charge in [-0.2, -0.15) is 0 Å². The van der Waals surface area contributed by atoms with E-state index in [1.54, 1.807) is 14.0 Å². The van der Waals surface area contributed by atoms with Crippen molar-refractivity contribution in [2.75, 3.05) is 7.11 Å². The van der Waals surface area contributed by atoms with E-state index in [2.05, 4.69) is 11.4 Å². The van der Waals surface area contributed by atoms with Gasteiger partial charge in [-0.05, 0) is 82.5 Å². The first kappa shape index (κ1) is 21.0. The molecular formula is C24H31NO4. The molecule has 1 amide bonds. The summed E-state index contributed by atoms with van der Waals surface area (Å²) in [6.07, 6.45) is 0.0451. The number of benzene rings is 2. The molecule has 0 spiro atoms. The van der Waals surface area contributed by atoms with Crippen molar-refractivity contribution in [3.8, 4) is 17.2 Å². The van der Waals surface area contributed by atoms with E-state index in [0.717, 1.165) is 39.5 Å². The molecule has 0 saturated heterocycles. The summed E-state index contributed by atoms with van der Waals surface area (Å²) in [7, 11) is 1.63. The molecule has 3 rings (SSSR count). The molecule has 1 aliphatic rings. The number of hydrogen-bond donors (Lipinski definition) is 1. The highest BCUT2D eigenvalue weighted by molar-refractivity contribution is 5.81. The summed E-state index contributed by atoms with van der Waals surface area (Å²) in [4.78, 5) is 13.0. The first-order chi connectivity index (χ1) is 13.6. The zero-order chi connectivity index (χ0) is 21.3. The quantitative estimate of drug-likeness (QED) is 0.787. The van der Waals surface area contributed by atoms with Crippen LogP contribution in [0, 0.1) is 20.8 Å². The Kier molecular flexibility index (Phi) is 5.78. The fourth-order valence-corrected chi connectivity index (χ4v) is 3.74. The Morgan fingerprint density at radius 2 is 1.93 bits per heavy atom. The molecule has 0 fully saturated rings. The van der Waals surface area contributed by atoms with E-state index in [1.807, 2.05) is 58.9 Å². The molecule has 0 unspecified atom stereocenters. The third kappa shape index (κ3) is 4.66. The van der Waals surface area contributed by atoms with Gasteiger partial charge in [0.05, 0.1) is 13.2 Å². The van der Waals surface area contributed by atoms with E-state index in [1.165, 1.54) is 0 Å². The van der Waals surface area contributed by atoms with Crippen molar-refractivity contribution in [1.29, 1.82) is 0 Å². The lowest BCUT2D eigenvalue weighted by molar-refractivity contribution is -0.128. The molecule has 0 aromatic heterocycles. The number of amides is 1. The van der Waals surface area contributed by atoms with Gasteiger partial charge >= 0.3 is 0 Å². The van der Waals surface area contributed by atoms with Crippen LogP contribution in [0.15, 0.2) is 30.3 Å². The minimum atomic E-state index is -0.616. The Morgan fingerprint density at radius 3 is 2.62 bits per heavy atom. The fraction of sp³-hybridized carbons (Fsp3) is 0.458. The average molecular weight is 398 g/mol. The second-order valence-corrected chi connectivity index (χ2v) is 8.50. The van der Waals surface area contributed by atoms with Crippen molar-refractivity contribution >= 4 is 5.91 Å². The number of nitrogens with one attached hydrogen (secondary N) is 1. The largest absolute Gasteiger partial charge is 0.497 e. The van der Waals surface area contributed by atoms with Gasteiger partial charge in [-0.3, -0.25) is 4.79 Å². The first-order valence-electron chi connectivity index (χ1n) is 10.0. The van der Waals surface area contributed by atoms with Crippen LogP contribution in [0.25, 0.3) is 0 Å². The summed E-state index contributed by atoms with van der Waals surface area (Å²) in [5.41, 5.74) is 3.86. The van der Waals surface area contributed by atoms with Gasteiger partial charge < -0.3 is 19.5 Å². The smallest absolute Gasteiger partial charge is 0.261 e. The molecule has 0 radical (unpaired) electrons. The Labute approximate surface area is 173 Å². The number of carbonyl (C=O) groups is 1. The van der Waals surface area contributed by atoms with Gasteiger partial charge in [0.25, 0.3) is 5.91 Å². The maximum atomic E-state index is 13.0. The van der Waals surface area contributed by atoms with Crippen molar-refractivity contribution < 1.29 is 19.0 Å². The van der Waals surface area contributed by atoms with Crippen molar-refractivity contribution in [2.45, 2.75) is 65.7 Å². The SMILES string of the molecule is COc1ccc2c(c1)[C@@H](NC(=O)[C@@H](C)Oc1cc(C)cc(C)c1C)CC(C)(C)O2. The Morgan fingerprint density at radius 1 is 1.21 bits per heavy atom. The van der Waals surface area contributed by atoms with Crippen LogP contribution in [0.5, 0.6) is 17.2 Å². The van der Waals surface area contributed by atoms with E-state index >= 15 is 0 Å². The average Bonchev–Trinajstić information content (AvgIpc) is 2.64. The molecule has 1 heterocycles. The molecule has 156 valence electrons. The number of methoxy groups -OCH3 is 1. The summed E-state index contributed by atoms with van der Waals surface area (Å²) in [5.74, 6) is 2.10. The van der Waals surface area contributed by atoms with Crippen LogP contribution in [-0.4, -0.2) is 24.7 Å². The zero-order valence-electron chi connectivity index (χ0n) is 18.4. The molecule has 1 aliphatic heterocycles. The van der Waals surface area contributed by atoms with Crippen LogP contribution in [0.2, 0.25) is 0 Å². The Hall–Kier alpha value is -2.69. The van der Waals surface area contributed by atoms with E-state index in [4.69, 9.17) is 14.2 Å². The normalized spacial score (nSPS) is 18.2. The summed E-state index contributed by atoms with van der Waals surface area (Å²) in [5, 5.41) is 3.15. The summed E-state index contributed by atoms with van der Waals surface area (Å²) >= 11 is 0. The summed E-state index contributed by atoms with van der Waals surface area (Å²) in [6, 6.07) is 9.60. The number of fused-ring (bicyclic) bond motifs is 1. The Bertz CT molecular complexity index is 919. The molecule has 0 bridgehead atoms. The minimum Gasteiger partial charge on any atom is -0.497 e. The lowest BCUT2D eigenvalue weighted by Crippen LogP contribution is -2.44. The molecule has 0 saturated carbocycles. The molecular weight excluding hydrogens is 366 g/mol. The van der Waals surface area contributed by atoms with Crippen LogP contribution in [0.3, 0.4) is 0 Å². The van der Waals surface area contributed by atoms with Gasteiger partial charge in [-0.1, -0.05) is 6.07 Å². The lowest BCUT2D eigenvalue weighted by Gasteiger charge is -2.38. The third-order valence-electron chi connectivity index (χ3n) is 5.43. The Balaban J connectivity index is 1.79. The van der Waals surface area contributed by atoms with Gasteiger partial charge in [0.15, 0.2) is 6.10 Å². The molecule has 2 aromatic rings. The molecule has 2 aromatic carbocycles. The third-order valence-corrected chi connectivity index (χ3v) is 5.43. The van der Waals surface area contributed by atoms with Gasteiger partial charge in [-0.15, -0.1) is 0 Å². The molecule has 5 nitrogen and oxygen atoms in total. The van der Waals surface area contributed by atoms with Crippen LogP contribution < -0.4 is 19.5 Å². The number of ether oxygens (including phenoxy) is 3. The van der Waals surface area contributed by atoms with Gasteiger partial charge in [0.2, 0.25) is 0 Å². The maximum absolute atomic E-state index is 13.0. The lowest BCUT2D eigenvalue weighted by atomic mass is 9.89. The van der Waals surface area contributed by atoms with Crippen molar-refractivity contribution in [3.05, 3.63) is 52.6 Å². The van der Waals surface area contributed by atoms with E-state index < -0.39 is 6.10 Å². The molecule has 2 atom stereocenters. The topological polar surface area (TPSA) is 56.8 Å². The second-order valence-electron chi connectivity index (χ2n) is 8.50. The summed E-state index contributed by atoms with van der Waals surface area (Å²) in [6.45, 7) is 11.9. The van der Waals surface area contributed by atoms with Crippen molar-refractivity contribution in [2.24, 2.45) is 0 Å². The van der Waals surface area contributed by atoms with Gasteiger partial charge in [-0.25, -0.2) is 0 Å². The van der Waals surface area contributed by atoms with Crippen LogP contribution in [0.1, 0.15) is 55.5 Å². The molecule has 0 aliphatic carbocycles. The van der Waals surface area contributed by atoms with E-state index in [-0.39, 0.29) is 17.6 Å². The minimum absolute atomic E-state index is 0.153. The van der Waals surface area contributed by atoms with Crippen molar-refractivity contribution in [3.63, 3.8) is 0 Å². The highest BCUT2D eigenvalue weighted by atomic mass is 16.5. The fourth-order valence-electron chi connectivity index (χ4n) is 3.74. The predicted octanol–water partition coefficient (Wildman–Crippen LogP) is 4.81. The van der Waals surface area contributed by atoms with Crippen LogP contribution in [-0.2, 0) is 4.79 Å². The van der Waals surface area contributed by atoms with Crippen molar-refractivity contribution in [1.82, 2.24) is 5.32 Å². The van der Waals surface area contributed by atoms with E-state index in [9.17, 15) is 4.79 Å². The zero-order valence-corrected chi connectivity index (χ0v) is 18.4. The monoisotopic (exact) mass is 397 g/mol. The maximum Gasteiger partial charge on any atom is 0.261 e. The highest BCUT2D eigenvalue weighted by Crippen LogP contribution is 2.41. The highest BCUT2D eigenvalue weighted by Gasteiger charge is 2.35. The molecule has 1 N–H and O–H groups in total. The number of rotatable bonds is 5. The van der Waals surface area contributed by atoms with Gasteiger partial charge in [0, 0.05) is 12.0 Å². The van der Waals surface area contributed by atoms with Gasteiger partial charge in [0.1, 0.15) is 22.8 Å². The second kappa shape index (κ2) is 7.97. The number of aryl methyl sites for hydroxylation is 2. The first-order valence-corrected chi connectivity index (χ1v) is 10.0. The standard InChI is InChI=1S/C24H31NO4/c1-14-10-15(2)16(3)22(11-14)28-17(4)23(26)25-20-13-24(5,6)29-21-9-8-18(27-7)12-19(20)21/h8-12,17,20H,13H2,1-7H3,(H,25,26)/t17-,20+/m1/s1. The van der Waals surface area contributed by atoms with Crippen LogP contribution in [0.4, 0.5) is 0 Å².